The number of carbonyl (C=O) groups is 1. The molecule has 15 heavy (non-hydrogen) atoms. The van der Waals surface area contributed by atoms with Crippen LogP contribution in [0.3, 0.4) is 0 Å². The van der Waals surface area contributed by atoms with E-state index in [0.717, 1.165) is 12.0 Å². The first-order valence-corrected chi connectivity index (χ1v) is 5.49. The van der Waals surface area contributed by atoms with Gasteiger partial charge in [-0.15, -0.1) is 0 Å². The number of rotatable bonds is 5. The summed E-state index contributed by atoms with van der Waals surface area (Å²) >= 11 is 0. The van der Waals surface area contributed by atoms with E-state index < -0.39 is 0 Å². The number of ketones is 1. The third-order valence-corrected chi connectivity index (χ3v) is 2.62. The van der Waals surface area contributed by atoms with E-state index in [4.69, 9.17) is 5.73 Å². The van der Waals surface area contributed by atoms with Crippen LogP contribution in [0, 0.1) is 5.92 Å². The van der Waals surface area contributed by atoms with Gasteiger partial charge in [0.2, 0.25) is 0 Å². The number of nitrogens with two attached hydrogens (primary N) is 1. The molecule has 0 spiro atoms. The van der Waals surface area contributed by atoms with Gasteiger partial charge in [0.25, 0.3) is 0 Å². The van der Waals surface area contributed by atoms with Crippen molar-refractivity contribution in [2.75, 3.05) is 6.54 Å². The summed E-state index contributed by atoms with van der Waals surface area (Å²) in [5.41, 5.74) is 7.55. The zero-order valence-electron chi connectivity index (χ0n) is 9.49. The zero-order chi connectivity index (χ0) is 11.3. The average molecular weight is 205 g/mol. The van der Waals surface area contributed by atoms with Crippen LogP contribution in [0.25, 0.3) is 0 Å². The summed E-state index contributed by atoms with van der Waals surface area (Å²) in [6.07, 6.45) is 1.55. The third kappa shape index (κ3) is 3.48. The second-order valence-electron chi connectivity index (χ2n) is 4.02. The van der Waals surface area contributed by atoms with E-state index in [1.807, 2.05) is 31.2 Å². The Hall–Kier alpha value is -1.15. The first-order chi connectivity index (χ1) is 7.17. The van der Waals surface area contributed by atoms with Gasteiger partial charge >= 0.3 is 0 Å². The van der Waals surface area contributed by atoms with Crippen molar-refractivity contribution < 1.29 is 4.79 Å². The highest BCUT2D eigenvalue weighted by molar-refractivity contribution is 5.96. The van der Waals surface area contributed by atoms with E-state index in [9.17, 15) is 4.79 Å². The van der Waals surface area contributed by atoms with Crippen LogP contribution in [0.1, 0.15) is 36.2 Å². The summed E-state index contributed by atoms with van der Waals surface area (Å²) < 4.78 is 0. The van der Waals surface area contributed by atoms with Gasteiger partial charge in [-0.1, -0.05) is 38.1 Å². The highest BCUT2D eigenvalue weighted by Crippen LogP contribution is 2.10. The van der Waals surface area contributed by atoms with Crippen LogP contribution in [0.4, 0.5) is 0 Å². The summed E-state index contributed by atoms with van der Waals surface area (Å²) in [5, 5.41) is 0. The normalized spacial score (nSPS) is 12.5. The van der Waals surface area contributed by atoms with Crippen molar-refractivity contribution in [3.63, 3.8) is 0 Å². The van der Waals surface area contributed by atoms with E-state index in [-0.39, 0.29) is 11.7 Å². The number of aryl methyl sites for hydroxylation is 1. The van der Waals surface area contributed by atoms with Crippen molar-refractivity contribution in [1.82, 2.24) is 0 Å². The van der Waals surface area contributed by atoms with Gasteiger partial charge in [0.05, 0.1) is 0 Å². The molecule has 0 aliphatic heterocycles. The molecule has 1 atom stereocenters. The van der Waals surface area contributed by atoms with Gasteiger partial charge in [-0.2, -0.15) is 0 Å². The molecule has 0 amide bonds. The molecule has 1 aromatic carbocycles. The SMILES string of the molecule is CCc1ccc(C(=O)CC(C)CN)cc1. The monoisotopic (exact) mass is 205 g/mol. The van der Waals surface area contributed by atoms with Crippen LogP contribution in [0.5, 0.6) is 0 Å². The van der Waals surface area contributed by atoms with Crippen molar-refractivity contribution in [2.45, 2.75) is 26.7 Å². The lowest BCUT2D eigenvalue weighted by Gasteiger charge is -2.07. The molecule has 82 valence electrons. The highest BCUT2D eigenvalue weighted by atomic mass is 16.1. The quantitative estimate of drug-likeness (QED) is 0.750. The molecule has 0 aliphatic rings. The van der Waals surface area contributed by atoms with Crippen LogP contribution in [-0.2, 0) is 6.42 Å². The minimum atomic E-state index is 0.190. The molecule has 0 aromatic heterocycles. The summed E-state index contributed by atoms with van der Waals surface area (Å²) in [4.78, 5) is 11.8. The van der Waals surface area contributed by atoms with Crippen LogP contribution in [0.2, 0.25) is 0 Å². The molecule has 2 N–H and O–H groups in total. The third-order valence-electron chi connectivity index (χ3n) is 2.62. The minimum absolute atomic E-state index is 0.190. The lowest BCUT2D eigenvalue weighted by molar-refractivity contribution is 0.0966. The maximum atomic E-state index is 11.8. The van der Waals surface area contributed by atoms with Crippen molar-refractivity contribution in [3.8, 4) is 0 Å². The van der Waals surface area contributed by atoms with Crippen molar-refractivity contribution >= 4 is 5.78 Å². The Morgan fingerprint density at radius 2 is 1.93 bits per heavy atom. The molecule has 1 unspecified atom stereocenters. The van der Waals surface area contributed by atoms with Gasteiger partial charge < -0.3 is 5.73 Å². The largest absolute Gasteiger partial charge is 0.330 e. The van der Waals surface area contributed by atoms with Crippen LogP contribution in [0.15, 0.2) is 24.3 Å². The molecule has 1 rings (SSSR count). The Morgan fingerprint density at radius 3 is 2.40 bits per heavy atom. The van der Waals surface area contributed by atoms with Gasteiger partial charge in [-0.25, -0.2) is 0 Å². The molecular weight excluding hydrogens is 186 g/mol. The Morgan fingerprint density at radius 1 is 1.33 bits per heavy atom. The summed E-state index contributed by atoms with van der Waals surface area (Å²) in [6, 6.07) is 7.84. The fourth-order valence-corrected chi connectivity index (χ4v) is 1.44. The molecule has 2 nitrogen and oxygen atoms in total. The van der Waals surface area contributed by atoms with E-state index in [1.165, 1.54) is 5.56 Å². The van der Waals surface area contributed by atoms with Crippen molar-refractivity contribution in [3.05, 3.63) is 35.4 Å². The van der Waals surface area contributed by atoms with E-state index in [1.54, 1.807) is 0 Å². The number of carbonyl (C=O) groups excluding carboxylic acids is 1. The number of hydrogen-bond acceptors (Lipinski definition) is 2. The van der Waals surface area contributed by atoms with Crippen LogP contribution < -0.4 is 5.73 Å². The predicted molar refractivity (Wildman–Crippen MR) is 63.0 cm³/mol. The van der Waals surface area contributed by atoms with Gasteiger partial charge in [0.1, 0.15) is 0 Å². The topological polar surface area (TPSA) is 43.1 Å². The highest BCUT2D eigenvalue weighted by Gasteiger charge is 2.09. The van der Waals surface area contributed by atoms with E-state index >= 15 is 0 Å². The summed E-state index contributed by atoms with van der Waals surface area (Å²) in [5.74, 6) is 0.457. The number of Topliss-reactive ketones (excluding diaryl/α,β-unsaturated/α-hetero) is 1. The van der Waals surface area contributed by atoms with Crippen LogP contribution >= 0.6 is 0 Å². The Balaban J connectivity index is 2.66. The standard InChI is InChI=1S/C13H19NO/c1-3-11-4-6-12(7-5-11)13(15)8-10(2)9-14/h4-7,10H,3,8-9,14H2,1-2H3. The minimum Gasteiger partial charge on any atom is -0.330 e. The van der Waals surface area contributed by atoms with Gasteiger partial charge in [-0.05, 0) is 24.4 Å². The Labute approximate surface area is 91.5 Å². The van der Waals surface area contributed by atoms with E-state index in [2.05, 4.69) is 6.92 Å². The smallest absolute Gasteiger partial charge is 0.163 e. The lowest BCUT2D eigenvalue weighted by atomic mass is 9.99. The molecule has 1 aromatic rings. The molecule has 0 radical (unpaired) electrons. The van der Waals surface area contributed by atoms with Gasteiger partial charge in [0.15, 0.2) is 5.78 Å². The maximum absolute atomic E-state index is 11.8. The molecule has 0 saturated carbocycles. The molecule has 2 heteroatoms. The summed E-state index contributed by atoms with van der Waals surface area (Å²) in [7, 11) is 0. The first-order valence-electron chi connectivity index (χ1n) is 5.49. The lowest BCUT2D eigenvalue weighted by Crippen LogP contribution is -2.15. The van der Waals surface area contributed by atoms with Crippen molar-refractivity contribution in [1.29, 1.82) is 0 Å². The van der Waals surface area contributed by atoms with Gasteiger partial charge in [-0.3, -0.25) is 4.79 Å². The fraction of sp³-hybridized carbons (Fsp3) is 0.462. The summed E-state index contributed by atoms with van der Waals surface area (Å²) in [6.45, 7) is 4.67. The molecular formula is C13H19NO. The fourth-order valence-electron chi connectivity index (χ4n) is 1.44. The van der Waals surface area contributed by atoms with Crippen LogP contribution in [-0.4, -0.2) is 12.3 Å². The molecule has 0 heterocycles. The van der Waals surface area contributed by atoms with E-state index in [0.29, 0.717) is 13.0 Å². The zero-order valence-corrected chi connectivity index (χ0v) is 9.49. The maximum Gasteiger partial charge on any atom is 0.163 e. The predicted octanol–water partition coefficient (Wildman–Crippen LogP) is 2.42. The number of benzene rings is 1. The molecule has 0 aliphatic carbocycles. The Bertz CT molecular complexity index is 316. The molecule has 0 fully saturated rings. The number of hydrogen-bond donors (Lipinski definition) is 1. The first kappa shape index (κ1) is 11.9. The van der Waals surface area contributed by atoms with Crippen molar-refractivity contribution in [2.24, 2.45) is 11.7 Å². The Kier molecular flexibility index (Phi) is 4.50. The molecule has 0 saturated heterocycles. The average Bonchev–Trinajstić information content (AvgIpc) is 2.29. The second kappa shape index (κ2) is 5.66. The second-order valence-corrected chi connectivity index (χ2v) is 4.02. The van der Waals surface area contributed by atoms with Gasteiger partial charge in [0, 0.05) is 12.0 Å². The molecule has 0 bridgehead atoms.